The van der Waals surface area contributed by atoms with Gasteiger partial charge in [0.2, 0.25) is 5.88 Å². The third kappa shape index (κ3) is 9.49. The van der Waals surface area contributed by atoms with Crippen LogP contribution in [0.5, 0.6) is 5.88 Å². The van der Waals surface area contributed by atoms with Crippen LogP contribution in [0, 0.1) is 0 Å². The van der Waals surface area contributed by atoms with Crippen molar-refractivity contribution in [2.45, 2.75) is 71.5 Å². The van der Waals surface area contributed by atoms with Crippen molar-refractivity contribution in [3.05, 3.63) is 23.9 Å². The van der Waals surface area contributed by atoms with Crippen molar-refractivity contribution in [1.29, 1.82) is 0 Å². The molecule has 1 heterocycles. The number of carbonyl (C=O) groups excluding carboxylic acids is 1. The van der Waals surface area contributed by atoms with E-state index in [0.29, 0.717) is 5.88 Å². The third-order valence-corrected chi connectivity index (χ3v) is 3.19. The van der Waals surface area contributed by atoms with Crippen molar-refractivity contribution in [1.82, 2.24) is 4.98 Å². The van der Waals surface area contributed by atoms with Gasteiger partial charge in [-0.3, -0.25) is 9.79 Å². The Hall–Kier alpha value is -1.99. The molecule has 0 aromatic carbocycles. The summed E-state index contributed by atoms with van der Waals surface area (Å²) in [6, 6.07) is 3.14. The summed E-state index contributed by atoms with van der Waals surface area (Å²) in [4.78, 5) is 21.1. The van der Waals surface area contributed by atoms with Gasteiger partial charge in [-0.1, -0.05) is 0 Å². The molecule has 0 spiro atoms. The summed E-state index contributed by atoms with van der Waals surface area (Å²) in [5.41, 5.74) is -0.133. The standard InChI is InChI=1S/C20H32N2O5/c1-19(2,3)26-16-10-9-14(12-22-16)15(21-13-18(24-7)25-8)11-17(23)27-20(4,5)6/h9-10,12-13,15,18H,11H2,1-8H3/t15-/m0/s1. The van der Waals surface area contributed by atoms with Crippen LogP contribution in [0.2, 0.25) is 0 Å². The predicted molar refractivity (Wildman–Crippen MR) is 104 cm³/mol. The van der Waals surface area contributed by atoms with E-state index in [-0.39, 0.29) is 18.0 Å². The fourth-order valence-electron chi connectivity index (χ4n) is 2.15. The summed E-state index contributed by atoms with van der Waals surface area (Å²) in [6.45, 7) is 11.3. The van der Waals surface area contributed by atoms with Gasteiger partial charge in [0.05, 0.1) is 18.7 Å². The smallest absolute Gasteiger partial charge is 0.308 e. The van der Waals surface area contributed by atoms with Gasteiger partial charge in [0.1, 0.15) is 11.2 Å². The minimum atomic E-state index is -0.595. The van der Waals surface area contributed by atoms with E-state index in [0.717, 1.165) is 5.56 Å². The van der Waals surface area contributed by atoms with Crippen LogP contribution in [-0.4, -0.2) is 48.9 Å². The molecule has 0 aliphatic rings. The first-order valence-corrected chi connectivity index (χ1v) is 8.89. The van der Waals surface area contributed by atoms with E-state index < -0.39 is 17.9 Å². The molecule has 0 unspecified atom stereocenters. The van der Waals surface area contributed by atoms with Crippen LogP contribution in [-0.2, 0) is 19.0 Å². The lowest BCUT2D eigenvalue weighted by Crippen LogP contribution is -2.25. The van der Waals surface area contributed by atoms with Crippen LogP contribution in [0.1, 0.15) is 59.6 Å². The zero-order chi connectivity index (χ0) is 20.7. The maximum absolute atomic E-state index is 12.3. The number of rotatable bonds is 8. The third-order valence-electron chi connectivity index (χ3n) is 3.19. The molecule has 0 bridgehead atoms. The van der Waals surface area contributed by atoms with E-state index in [1.165, 1.54) is 20.4 Å². The van der Waals surface area contributed by atoms with Crippen LogP contribution < -0.4 is 4.74 Å². The minimum absolute atomic E-state index is 0.0784. The van der Waals surface area contributed by atoms with Crippen molar-refractivity contribution in [3.8, 4) is 5.88 Å². The van der Waals surface area contributed by atoms with E-state index in [1.807, 2.05) is 47.6 Å². The topological polar surface area (TPSA) is 79.2 Å². The molecule has 1 atom stereocenters. The average molecular weight is 380 g/mol. The SMILES string of the molecule is COC(C=N[C@@H](CC(=O)OC(C)(C)C)c1ccc(OC(C)(C)C)nc1)OC. The maximum Gasteiger partial charge on any atom is 0.308 e. The van der Waals surface area contributed by atoms with Gasteiger partial charge < -0.3 is 18.9 Å². The molecule has 0 aliphatic carbocycles. The first-order valence-electron chi connectivity index (χ1n) is 8.89. The normalized spacial score (nSPS) is 13.8. The first-order chi connectivity index (χ1) is 12.4. The Kier molecular flexibility index (Phi) is 8.37. The lowest BCUT2D eigenvalue weighted by molar-refractivity contribution is -0.155. The molecule has 0 fully saturated rings. The van der Waals surface area contributed by atoms with E-state index in [9.17, 15) is 4.79 Å². The highest BCUT2D eigenvalue weighted by Gasteiger charge is 2.22. The number of pyridine rings is 1. The summed E-state index contributed by atoms with van der Waals surface area (Å²) in [6.07, 6.45) is 2.66. The molecule has 1 aromatic heterocycles. The fraction of sp³-hybridized carbons (Fsp3) is 0.650. The zero-order valence-electron chi connectivity index (χ0n) is 17.6. The number of hydrogen-bond donors (Lipinski definition) is 0. The summed E-state index contributed by atoms with van der Waals surface area (Å²) in [7, 11) is 3.03. The summed E-state index contributed by atoms with van der Waals surface area (Å²) in [5.74, 6) is 0.170. The number of ether oxygens (including phenoxy) is 4. The van der Waals surface area contributed by atoms with E-state index in [1.54, 1.807) is 12.3 Å². The van der Waals surface area contributed by atoms with Gasteiger partial charge >= 0.3 is 5.97 Å². The van der Waals surface area contributed by atoms with Crippen molar-refractivity contribution in [2.75, 3.05) is 14.2 Å². The number of hydrogen-bond acceptors (Lipinski definition) is 7. The Morgan fingerprint density at radius 1 is 1.11 bits per heavy atom. The summed E-state index contributed by atoms with van der Waals surface area (Å²) >= 11 is 0. The Labute approximate surface area is 162 Å². The van der Waals surface area contributed by atoms with Gasteiger partial charge in [-0.15, -0.1) is 0 Å². The lowest BCUT2D eigenvalue weighted by atomic mass is 10.1. The minimum Gasteiger partial charge on any atom is -0.472 e. The fourth-order valence-corrected chi connectivity index (χ4v) is 2.15. The Balaban J connectivity index is 3.00. The predicted octanol–water partition coefficient (Wildman–Crippen LogP) is 3.72. The molecular weight excluding hydrogens is 348 g/mol. The first kappa shape index (κ1) is 23.0. The quantitative estimate of drug-likeness (QED) is 0.388. The summed E-state index contributed by atoms with van der Waals surface area (Å²) < 4.78 is 21.4. The Bertz CT molecular complexity index is 611. The van der Waals surface area contributed by atoms with Gasteiger partial charge in [0.15, 0.2) is 6.29 Å². The molecule has 0 aliphatic heterocycles. The van der Waals surface area contributed by atoms with Gasteiger partial charge in [0.25, 0.3) is 0 Å². The molecule has 1 aromatic rings. The largest absolute Gasteiger partial charge is 0.472 e. The van der Waals surface area contributed by atoms with Crippen molar-refractivity contribution >= 4 is 12.2 Å². The number of aromatic nitrogens is 1. The molecule has 0 saturated carbocycles. The van der Waals surface area contributed by atoms with E-state index in [4.69, 9.17) is 18.9 Å². The van der Waals surface area contributed by atoms with Crippen LogP contribution in [0.3, 0.4) is 0 Å². The molecule has 0 saturated heterocycles. The van der Waals surface area contributed by atoms with Crippen LogP contribution in [0.4, 0.5) is 0 Å². The van der Waals surface area contributed by atoms with Gasteiger partial charge in [-0.25, -0.2) is 4.98 Å². The molecular formula is C20H32N2O5. The molecule has 7 heteroatoms. The van der Waals surface area contributed by atoms with Crippen molar-refractivity contribution in [2.24, 2.45) is 4.99 Å². The second-order valence-corrected chi connectivity index (χ2v) is 8.09. The number of nitrogens with zero attached hydrogens (tertiary/aromatic N) is 2. The lowest BCUT2D eigenvalue weighted by Gasteiger charge is -2.22. The monoisotopic (exact) mass is 380 g/mol. The number of aliphatic imine (C=N–C) groups is 1. The second-order valence-electron chi connectivity index (χ2n) is 8.09. The Morgan fingerprint density at radius 3 is 2.19 bits per heavy atom. The number of esters is 1. The van der Waals surface area contributed by atoms with Gasteiger partial charge in [-0.2, -0.15) is 0 Å². The van der Waals surface area contributed by atoms with Gasteiger partial charge in [-0.05, 0) is 53.2 Å². The number of carbonyl (C=O) groups is 1. The highest BCUT2D eigenvalue weighted by atomic mass is 16.7. The molecule has 1 rings (SSSR count). The van der Waals surface area contributed by atoms with Crippen LogP contribution >= 0.6 is 0 Å². The molecule has 0 amide bonds. The summed E-state index contributed by atoms with van der Waals surface area (Å²) in [5, 5.41) is 0. The van der Waals surface area contributed by atoms with Crippen LogP contribution in [0.15, 0.2) is 23.3 Å². The molecule has 0 N–H and O–H groups in total. The molecule has 0 radical (unpaired) electrons. The highest BCUT2D eigenvalue weighted by Crippen LogP contribution is 2.25. The van der Waals surface area contributed by atoms with Crippen molar-refractivity contribution < 1.29 is 23.7 Å². The molecule has 7 nitrogen and oxygen atoms in total. The molecule has 27 heavy (non-hydrogen) atoms. The average Bonchev–Trinajstić information content (AvgIpc) is 2.52. The second kappa shape index (κ2) is 9.80. The van der Waals surface area contributed by atoms with Crippen LogP contribution in [0.25, 0.3) is 0 Å². The van der Waals surface area contributed by atoms with E-state index >= 15 is 0 Å². The maximum atomic E-state index is 12.3. The Morgan fingerprint density at radius 2 is 1.74 bits per heavy atom. The van der Waals surface area contributed by atoms with Crippen molar-refractivity contribution in [3.63, 3.8) is 0 Å². The van der Waals surface area contributed by atoms with Gasteiger partial charge in [0, 0.05) is 26.5 Å². The van der Waals surface area contributed by atoms with E-state index in [2.05, 4.69) is 9.98 Å². The number of methoxy groups -OCH3 is 2. The zero-order valence-corrected chi connectivity index (χ0v) is 17.6. The molecule has 152 valence electrons. The highest BCUT2D eigenvalue weighted by molar-refractivity contribution is 5.71.